The van der Waals surface area contributed by atoms with Crippen LogP contribution in [0.3, 0.4) is 0 Å². The molecule has 2 aliphatic rings. The summed E-state index contributed by atoms with van der Waals surface area (Å²) in [5.41, 5.74) is 4.74. The molecule has 1 fully saturated rings. The Morgan fingerprint density at radius 3 is 3.20 bits per heavy atom. The van der Waals surface area contributed by atoms with Gasteiger partial charge in [0.2, 0.25) is 0 Å². The molecule has 1 aliphatic carbocycles. The van der Waals surface area contributed by atoms with Crippen LogP contribution in [-0.4, -0.2) is 39.1 Å². The normalized spacial score (nSPS) is 22.7. The van der Waals surface area contributed by atoms with Gasteiger partial charge in [-0.25, -0.2) is 4.98 Å². The van der Waals surface area contributed by atoms with E-state index in [-0.39, 0.29) is 11.3 Å². The lowest BCUT2D eigenvalue weighted by Crippen LogP contribution is -2.47. The Kier molecular flexibility index (Phi) is 3.04. The summed E-state index contributed by atoms with van der Waals surface area (Å²) >= 11 is 0. The van der Waals surface area contributed by atoms with Gasteiger partial charge in [0.1, 0.15) is 5.52 Å². The number of rotatable bonds is 1. The van der Waals surface area contributed by atoms with Crippen molar-refractivity contribution in [3.63, 3.8) is 0 Å². The lowest BCUT2D eigenvalue weighted by atomic mass is 9.77. The van der Waals surface area contributed by atoms with Gasteiger partial charge in [0.05, 0.1) is 6.20 Å². The number of oxazole rings is 1. The van der Waals surface area contributed by atoms with Crippen molar-refractivity contribution in [1.29, 1.82) is 0 Å². The van der Waals surface area contributed by atoms with Crippen LogP contribution in [0.25, 0.3) is 11.1 Å². The number of nitrogens with one attached hydrogen (secondary N) is 1. The van der Waals surface area contributed by atoms with E-state index in [2.05, 4.69) is 15.2 Å². The first kappa shape index (κ1) is 14.7. The Labute approximate surface area is 145 Å². The maximum absolute atomic E-state index is 13.1. The molecule has 0 saturated carbocycles. The molecule has 1 aliphatic heterocycles. The number of amides is 1. The molecule has 1 amide bonds. The number of likely N-dealkylation sites (tertiary alicyclic amines) is 1. The number of carbonyl (C=O) groups excluding carboxylic acids is 1. The number of nitrogens with zero attached hydrogens (tertiary/aromatic N) is 3. The zero-order chi connectivity index (χ0) is 17.0. The van der Waals surface area contributed by atoms with Gasteiger partial charge in [-0.1, -0.05) is 0 Å². The Hall–Kier alpha value is -2.63. The van der Waals surface area contributed by atoms with Gasteiger partial charge in [-0.15, -0.1) is 0 Å². The highest BCUT2D eigenvalue weighted by Crippen LogP contribution is 2.44. The van der Waals surface area contributed by atoms with Crippen molar-refractivity contribution in [2.45, 2.75) is 38.0 Å². The second-order valence-corrected chi connectivity index (χ2v) is 7.30. The largest absolute Gasteiger partial charge is 0.441 e. The molecular weight excluding hydrogens is 316 g/mol. The fourth-order valence-electron chi connectivity index (χ4n) is 4.53. The molecule has 1 aromatic carbocycles. The number of carbonyl (C=O) groups is 1. The Morgan fingerprint density at radius 1 is 1.36 bits per heavy atom. The average Bonchev–Trinajstić information content (AvgIpc) is 3.30. The molecule has 1 N–H and O–H groups in total. The summed E-state index contributed by atoms with van der Waals surface area (Å²) in [7, 11) is 0. The van der Waals surface area contributed by atoms with Gasteiger partial charge in [-0.2, -0.15) is 5.10 Å². The van der Waals surface area contributed by atoms with E-state index in [1.165, 1.54) is 11.3 Å². The van der Waals surface area contributed by atoms with Crippen molar-refractivity contribution in [1.82, 2.24) is 20.1 Å². The Bertz CT molecular complexity index is 973. The number of hydrogen-bond acceptors (Lipinski definition) is 4. The molecule has 3 aromatic rings. The molecule has 1 saturated heterocycles. The number of benzene rings is 1. The average molecular weight is 336 g/mol. The zero-order valence-electron chi connectivity index (χ0n) is 14.2. The molecule has 2 aromatic heterocycles. The first-order valence-corrected chi connectivity index (χ1v) is 8.84. The fourth-order valence-corrected chi connectivity index (χ4v) is 4.53. The zero-order valence-corrected chi connectivity index (χ0v) is 14.2. The number of aryl methyl sites for hydroxylation is 2. The standard InChI is InChI=1S/C19H20N4O2/c1-12-21-15-4-3-13(9-16(15)25-12)18(24)23-8-2-6-19(11-23)7-5-14-10-20-22-17(14)19/h3-4,9-10H,2,5-8,11H2,1H3,(H,20,22). The predicted molar refractivity (Wildman–Crippen MR) is 92.5 cm³/mol. The highest BCUT2D eigenvalue weighted by Gasteiger charge is 2.44. The number of aromatic nitrogens is 3. The summed E-state index contributed by atoms with van der Waals surface area (Å²) in [6, 6.07) is 5.53. The van der Waals surface area contributed by atoms with Crippen LogP contribution in [-0.2, 0) is 11.8 Å². The SMILES string of the molecule is Cc1nc2ccc(C(=O)N3CCCC4(CCc5cn[nH]c54)C3)cc2o1. The smallest absolute Gasteiger partial charge is 0.254 e. The monoisotopic (exact) mass is 336 g/mol. The maximum Gasteiger partial charge on any atom is 0.254 e. The number of H-pyrrole nitrogens is 1. The van der Waals surface area contributed by atoms with Crippen LogP contribution in [0.1, 0.15) is 46.8 Å². The van der Waals surface area contributed by atoms with Gasteiger partial charge < -0.3 is 9.32 Å². The molecule has 1 unspecified atom stereocenters. The summed E-state index contributed by atoms with van der Waals surface area (Å²) < 4.78 is 5.58. The van der Waals surface area contributed by atoms with E-state index in [4.69, 9.17) is 4.42 Å². The molecule has 128 valence electrons. The summed E-state index contributed by atoms with van der Waals surface area (Å²) in [5.74, 6) is 0.692. The molecule has 3 heterocycles. The van der Waals surface area contributed by atoms with E-state index in [9.17, 15) is 4.79 Å². The molecule has 6 nitrogen and oxygen atoms in total. The van der Waals surface area contributed by atoms with Crippen molar-refractivity contribution in [3.8, 4) is 0 Å². The summed E-state index contributed by atoms with van der Waals surface area (Å²) in [5, 5.41) is 7.40. The van der Waals surface area contributed by atoms with Crippen LogP contribution < -0.4 is 0 Å². The maximum atomic E-state index is 13.1. The first-order valence-electron chi connectivity index (χ1n) is 8.84. The highest BCUT2D eigenvalue weighted by molar-refractivity contribution is 5.97. The summed E-state index contributed by atoms with van der Waals surface area (Å²) in [4.78, 5) is 19.4. The molecule has 1 spiro atoms. The van der Waals surface area contributed by atoms with Gasteiger partial charge in [-0.05, 0) is 49.4 Å². The van der Waals surface area contributed by atoms with Crippen LogP contribution in [0, 0.1) is 6.92 Å². The van der Waals surface area contributed by atoms with Crippen molar-refractivity contribution in [3.05, 3.63) is 47.1 Å². The number of hydrogen-bond donors (Lipinski definition) is 1. The van der Waals surface area contributed by atoms with Crippen LogP contribution in [0.4, 0.5) is 0 Å². The van der Waals surface area contributed by atoms with Crippen LogP contribution in [0.5, 0.6) is 0 Å². The van der Waals surface area contributed by atoms with Gasteiger partial charge in [0.25, 0.3) is 5.91 Å². The predicted octanol–water partition coefficient (Wildman–Crippen LogP) is 2.98. The van der Waals surface area contributed by atoms with Crippen molar-refractivity contribution >= 4 is 17.0 Å². The van der Waals surface area contributed by atoms with E-state index in [0.29, 0.717) is 17.0 Å². The van der Waals surface area contributed by atoms with Crippen molar-refractivity contribution in [2.24, 2.45) is 0 Å². The van der Waals surface area contributed by atoms with E-state index in [1.807, 2.05) is 36.2 Å². The van der Waals surface area contributed by atoms with Gasteiger partial charge >= 0.3 is 0 Å². The van der Waals surface area contributed by atoms with Crippen LogP contribution in [0.15, 0.2) is 28.8 Å². The molecule has 6 heteroatoms. The third-order valence-corrected chi connectivity index (χ3v) is 5.73. The second-order valence-electron chi connectivity index (χ2n) is 7.30. The van der Waals surface area contributed by atoms with E-state index >= 15 is 0 Å². The van der Waals surface area contributed by atoms with E-state index < -0.39 is 0 Å². The number of piperidine rings is 1. The minimum absolute atomic E-state index is 0.0483. The molecule has 25 heavy (non-hydrogen) atoms. The lowest BCUT2D eigenvalue weighted by Gasteiger charge is -2.40. The van der Waals surface area contributed by atoms with Gasteiger partial charge in [0, 0.05) is 36.7 Å². The third kappa shape index (κ3) is 2.20. The topological polar surface area (TPSA) is 75.0 Å². The van der Waals surface area contributed by atoms with Crippen LogP contribution in [0.2, 0.25) is 0 Å². The minimum Gasteiger partial charge on any atom is -0.441 e. The first-order chi connectivity index (χ1) is 12.1. The summed E-state index contributed by atoms with van der Waals surface area (Å²) in [6.07, 6.45) is 6.23. The van der Waals surface area contributed by atoms with Gasteiger partial charge in [-0.3, -0.25) is 9.89 Å². The molecule has 1 atom stereocenters. The quantitative estimate of drug-likeness (QED) is 0.741. The van der Waals surface area contributed by atoms with Crippen molar-refractivity contribution in [2.75, 3.05) is 13.1 Å². The van der Waals surface area contributed by atoms with Crippen LogP contribution >= 0.6 is 0 Å². The molecule has 0 bridgehead atoms. The molecule has 0 radical (unpaired) electrons. The fraction of sp³-hybridized carbons (Fsp3) is 0.421. The lowest BCUT2D eigenvalue weighted by molar-refractivity contribution is 0.0633. The molecule has 5 rings (SSSR count). The third-order valence-electron chi connectivity index (χ3n) is 5.73. The number of aromatic amines is 1. The highest BCUT2D eigenvalue weighted by atomic mass is 16.3. The Balaban J connectivity index is 1.45. The Morgan fingerprint density at radius 2 is 2.28 bits per heavy atom. The molecular formula is C19H20N4O2. The summed E-state index contributed by atoms with van der Waals surface area (Å²) in [6.45, 7) is 3.38. The number of fused-ring (bicyclic) bond motifs is 3. The van der Waals surface area contributed by atoms with E-state index in [1.54, 1.807) is 0 Å². The van der Waals surface area contributed by atoms with E-state index in [0.717, 1.165) is 44.3 Å². The second kappa shape index (κ2) is 5.18. The van der Waals surface area contributed by atoms with Crippen molar-refractivity contribution < 1.29 is 9.21 Å². The minimum atomic E-state index is 0.0483. The van der Waals surface area contributed by atoms with Gasteiger partial charge in [0.15, 0.2) is 11.5 Å².